The number of carbonyl (C=O) groups excluding carboxylic acids is 2. The van der Waals surface area contributed by atoms with Gasteiger partial charge >= 0.3 is 0 Å². The summed E-state index contributed by atoms with van der Waals surface area (Å²) in [6, 6.07) is 46.5. The van der Waals surface area contributed by atoms with Crippen molar-refractivity contribution in [1.82, 2.24) is 0 Å². The van der Waals surface area contributed by atoms with Crippen LogP contribution in [0.3, 0.4) is 0 Å². The molecule has 0 unspecified atom stereocenters. The van der Waals surface area contributed by atoms with Crippen LogP contribution in [0.1, 0.15) is 132 Å². The summed E-state index contributed by atoms with van der Waals surface area (Å²) in [5.41, 5.74) is 4.74. The van der Waals surface area contributed by atoms with Crippen LogP contribution in [0.15, 0.2) is 157 Å². The Hall–Kier alpha value is -5.68. The van der Waals surface area contributed by atoms with Crippen LogP contribution in [-0.2, 0) is 24.0 Å². The van der Waals surface area contributed by atoms with Gasteiger partial charge in [-0.3, -0.25) is 9.59 Å². The molecule has 0 radical (unpaired) electrons. The first-order chi connectivity index (χ1) is 29.3. The third-order valence-electron chi connectivity index (χ3n) is 12.9. The molecule has 0 spiro atoms. The Morgan fingerprint density at radius 1 is 0.383 bits per heavy atom. The first-order valence-corrected chi connectivity index (χ1v) is 22.2. The van der Waals surface area contributed by atoms with E-state index in [9.17, 15) is 19.8 Å². The number of fused-ring (bicyclic) bond motifs is 2. The van der Waals surface area contributed by atoms with Crippen LogP contribution in [-0.4, -0.2) is 21.8 Å². The molecule has 2 N–H and O–H groups in total. The summed E-state index contributed by atoms with van der Waals surface area (Å²) in [6.07, 6.45) is 14.6. The molecule has 0 bridgehead atoms. The molecule has 304 valence electrons. The van der Waals surface area contributed by atoms with E-state index in [-0.39, 0.29) is 11.1 Å². The van der Waals surface area contributed by atoms with Crippen LogP contribution >= 0.6 is 0 Å². The molecule has 0 fully saturated rings. The summed E-state index contributed by atoms with van der Waals surface area (Å²) in [4.78, 5) is 29.5. The third kappa shape index (κ3) is 7.64. The highest BCUT2D eigenvalue weighted by atomic mass is 16.3. The molecule has 6 aromatic rings. The fraction of sp³-hybridized carbons (Fsp3) is 0.286. The molecule has 6 aromatic carbocycles. The van der Waals surface area contributed by atoms with Gasteiger partial charge in [-0.15, -0.1) is 0 Å². The second-order valence-electron chi connectivity index (χ2n) is 16.8. The Bertz CT molecular complexity index is 2320. The lowest BCUT2D eigenvalue weighted by Gasteiger charge is -2.32. The lowest BCUT2D eigenvalue weighted by atomic mass is 9.75. The van der Waals surface area contributed by atoms with Gasteiger partial charge in [0.1, 0.15) is 11.2 Å². The quantitative estimate of drug-likeness (QED) is 0.0756. The van der Waals surface area contributed by atoms with Crippen LogP contribution in [0.4, 0.5) is 0 Å². The average molecular weight is 793 g/mol. The highest BCUT2D eigenvalue weighted by Crippen LogP contribution is 2.55. The normalized spacial score (nSPS) is 19.5. The van der Waals surface area contributed by atoms with Gasteiger partial charge in [-0.25, -0.2) is 0 Å². The first-order valence-electron chi connectivity index (χ1n) is 22.2. The second kappa shape index (κ2) is 17.9. The van der Waals surface area contributed by atoms with Crippen LogP contribution < -0.4 is 0 Å². The zero-order chi connectivity index (χ0) is 41.7. The van der Waals surface area contributed by atoms with Crippen molar-refractivity contribution in [2.75, 3.05) is 0 Å². The monoisotopic (exact) mass is 792 g/mol. The molecule has 8 rings (SSSR count). The van der Waals surface area contributed by atoms with Crippen molar-refractivity contribution < 1.29 is 19.8 Å². The topological polar surface area (TPSA) is 74.6 Å². The average Bonchev–Trinajstić information content (AvgIpc) is 3.66. The molecule has 4 nitrogen and oxygen atoms in total. The Morgan fingerprint density at radius 2 is 0.700 bits per heavy atom. The third-order valence-corrected chi connectivity index (χ3v) is 12.9. The van der Waals surface area contributed by atoms with Gasteiger partial charge in [0.2, 0.25) is 0 Å². The van der Waals surface area contributed by atoms with Crippen LogP contribution in [0.5, 0.6) is 0 Å². The van der Waals surface area contributed by atoms with Crippen LogP contribution in [0.2, 0.25) is 0 Å². The SMILES string of the molecule is CCCCCCCc1ccc(-c2ccc([C@]3(O)/C(=C4\C(=O)c5ccccc5[C@]4(O)c4ccc(-c5ccc(CCCCCCC)cc5)cc4)C(=O)c4ccccc43)cc2)cc1. The number of ketones is 2. The fourth-order valence-electron chi connectivity index (χ4n) is 9.45. The van der Waals surface area contributed by atoms with Crippen LogP contribution in [0.25, 0.3) is 22.3 Å². The Labute approximate surface area is 355 Å². The number of carbonyl (C=O) groups is 2. The standard InChI is InChI=1S/C56H56O4/c1-3-5-7-9-11-17-39-23-27-41(28-24-39)43-31-35-45(36-32-43)55(59)49-21-15-13-19-47(49)53(57)51(55)52-54(58)48-20-14-16-22-50(48)56(52,60)46-37-33-44(34-38-46)42-29-25-40(26-30-42)18-12-10-8-6-4-2/h13-16,19-38,59-60H,3-12,17-18H2,1-2H3/b52-51+/t55-,56-/m1/s1. The van der Waals surface area contributed by atoms with Crippen molar-refractivity contribution in [2.45, 2.75) is 102 Å². The number of hydrogen-bond acceptors (Lipinski definition) is 4. The van der Waals surface area contributed by atoms with Crippen molar-refractivity contribution in [3.8, 4) is 22.3 Å². The zero-order valence-corrected chi connectivity index (χ0v) is 35.1. The van der Waals surface area contributed by atoms with E-state index < -0.39 is 22.8 Å². The summed E-state index contributed by atoms with van der Waals surface area (Å²) in [5.74, 6) is -0.946. The lowest BCUT2D eigenvalue weighted by molar-refractivity contribution is 0.0803. The van der Waals surface area contributed by atoms with Gasteiger partial charge in [0.15, 0.2) is 11.6 Å². The summed E-state index contributed by atoms with van der Waals surface area (Å²) >= 11 is 0. The van der Waals surface area contributed by atoms with E-state index in [1.165, 1.54) is 75.3 Å². The molecule has 0 aliphatic heterocycles. The molecular weight excluding hydrogens is 737 g/mol. The lowest BCUT2D eigenvalue weighted by Crippen LogP contribution is -2.36. The number of aryl methyl sites for hydroxylation is 2. The van der Waals surface area contributed by atoms with E-state index in [1.54, 1.807) is 48.5 Å². The van der Waals surface area contributed by atoms with E-state index >= 15 is 0 Å². The number of Topliss-reactive ketones (excluding diaryl/α,β-unsaturated/α-hetero) is 2. The first kappa shape index (κ1) is 41.1. The highest BCUT2D eigenvalue weighted by molar-refractivity contribution is 6.25. The summed E-state index contributed by atoms with van der Waals surface area (Å²) in [6.45, 7) is 4.47. The van der Waals surface area contributed by atoms with Crippen molar-refractivity contribution in [1.29, 1.82) is 0 Å². The van der Waals surface area contributed by atoms with E-state index in [0.717, 1.165) is 35.1 Å². The van der Waals surface area contributed by atoms with Gasteiger partial charge in [0.05, 0.1) is 11.1 Å². The Balaban J connectivity index is 1.15. The van der Waals surface area contributed by atoms with Crippen molar-refractivity contribution in [3.05, 3.63) is 201 Å². The molecule has 0 saturated heterocycles. The van der Waals surface area contributed by atoms with Crippen molar-refractivity contribution in [3.63, 3.8) is 0 Å². The smallest absolute Gasteiger partial charge is 0.193 e. The van der Waals surface area contributed by atoms with Gasteiger partial charge in [0.25, 0.3) is 0 Å². The fourth-order valence-corrected chi connectivity index (χ4v) is 9.45. The number of hydrogen-bond donors (Lipinski definition) is 2. The zero-order valence-electron chi connectivity index (χ0n) is 35.1. The van der Waals surface area contributed by atoms with Crippen molar-refractivity contribution >= 4 is 11.6 Å². The summed E-state index contributed by atoms with van der Waals surface area (Å²) < 4.78 is 0. The van der Waals surface area contributed by atoms with Gasteiger partial charge in [-0.05, 0) is 70.2 Å². The summed E-state index contributed by atoms with van der Waals surface area (Å²) in [7, 11) is 0. The number of aliphatic hydroxyl groups is 2. The minimum Gasteiger partial charge on any atom is -0.376 e. The molecule has 2 aliphatic rings. The second-order valence-corrected chi connectivity index (χ2v) is 16.8. The molecule has 0 amide bonds. The maximum atomic E-state index is 14.7. The molecule has 0 heterocycles. The number of rotatable bonds is 16. The maximum absolute atomic E-state index is 14.7. The van der Waals surface area contributed by atoms with Crippen molar-refractivity contribution in [2.24, 2.45) is 0 Å². The van der Waals surface area contributed by atoms with E-state index in [4.69, 9.17) is 0 Å². The van der Waals surface area contributed by atoms with E-state index in [2.05, 4.69) is 62.4 Å². The minimum absolute atomic E-state index is 0.113. The largest absolute Gasteiger partial charge is 0.376 e. The van der Waals surface area contributed by atoms with Gasteiger partial charge < -0.3 is 10.2 Å². The minimum atomic E-state index is -2.01. The van der Waals surface area contributed by atoms with Gasteiger partial charge in [-0.2, -0.15) is 0 Å². The number of unbranched alkanes of at least 4 members (excludes halogenated alkanes) is 8. The Kier molecular flexibility index (Phi) is 12.2. The van der Waals surface area contributed by atoms with E-state index in [1.807, 2.05) is 48.5 Å². The van der Waals surface area contributed by atoms with Gasteiger partial charge in [0, 0.05) is 22.3 Å². The molecular formula is C56H56O4. The molecule has 2 aliphatic carbocycles. The predicted molar refractivity (Wildman–Crippen MR) is 243 cm³/mol. The van der Waals surface area contributed by atoms with Gasteiger partial charge in [-0.1, -0.05) is 211 Å². The predicted octanol–water partition coefficient (Wildman–Crippen LogP) is 12.9. The Morgan fingerprint density at radius 3 is 1.05 bits per heavy atom. The molecule has 0 saturated carbocycles. The maximum Gasteiger partial charge on any atom is 0.193 e. The number of benzene rings is 6. The molecule has 2 atom stereocenters. The molecule has 60 heavy (non-hydrogen) atoms. The highest BCUT2D eigenvalue weighted by Gasteiger charge is 2.57. The summed E-state index contributed by atoms with van der Waals surface area (Å²) in [5, 5.41) is 26.4. The molecule has 4 heteroatoms. The molecule has 0 aromatic heterocycles. The van der Waals surface area contributed by atoms with Crippen LogP contribution in [0, 0.1) is 0 Å². The van der Waals surface area contributed by atoms with E-state index in [0.29, 0.717) is 33.4 Å².